The monoisotopic (exact) mass is 317 g/mol. The minimum atomic E-state index is -0.177. The van der Waals surface area contributed by atoms with E-state index in [9.17, 15) is 4.79 Å². The van der Waals surface area contributed by atoms with Crippen molar-refractivity contribution in [2.45, 2.75) is 13.3 Å². The number of benzene rings is 2. The first-order valence-corrected chi connectivity index (χ1v) is 7.92. The Balaban J connectivity index is 1.71. The van der Waals surface area contributed by atoms with Crippen molar-refractivity contribution in [2.24, 2.45) is 0 Å². The predicted molar refractivity (Wildman–Crippen MR) is 97.7 cm³/mol. The molecular formula is C20H19N3O. The highest BCUT2D eigenvalue weighted by atomic mass is 16.1. The Kier molecular flexibility index (Phi) is 4.87. The fourth-order valence-electron chi connectivity index (χ4n) is 2.35. The third-order valence-corrected chi connectivity index (χ3v) is 3.68. The van der Waals surface area contributed by atoms with Gasteiger partial charge in [-0.15, -0.1) is 0 Å². The van der Waals surface area contributed by atoms with Crippen LogP contribution in [0.5, 0.6) is 0 Å². The van der Waals surface area contributed by atoms with E-state index in [4.69, 9.17) is 0 Å². The van der Waals surface area contributed by atoms with Crippen molar-refractivity contribution in [1.82, 2.24) is 4.98 Å². The van der Waals surface area contributed by atoms with E-state index in [2.05, 4.69) is 22.5 Å². The minimum Gasteiger partial charge on any atom is -0.354 e. The van der Waals surface area contributed by atoms with Crippen LogP contribution in [0.25, 0.3) is 0 Å². The van der Waals surface area contributed by atoms with E-state index in [1.165, 1.54) is 5.56 Å². The number of para-hydroxylation sites is 1. The molecule has 0 spiro atoms. The maximum Gasteiger partial charge on any atom is 0.257 e. The average Bonchev–Trinajstić information content (AvgIpc) is 2.63. The molecule has 3 aromatic rings. The van der Waals surface area contributed by atoms with Crippen molar-refractivity contribution in [3.63, 3.8) is 0 Å². The lowest BCUT2D eigenvalue weighted by Crippen LogP contribution is -2.12. The quantitative estimate of drug-likeness (QED) is 0.721. The third kappa shape index (κ3) is 3.98. The van der Waals surface area contributed by atoms with Crippen molar-refractivity contribution in [3.05, 3.63) is 84.2 Å². The number of nitrogens with one attached hydrogen (secondary N) is 2. The maximum atomic E-state index is 12.4. The number of rotatable bonds is 5. The van der Waals surface area contributed by atoms with Crippen LogP contribution in [-0.2, 0) is 6.42 Å². The van der Waals surface area contributed by atoms with Crippen LogP contribution in [0, 0.1) is 0 Å². The van der Waals surface area contributed by atoms with Crippen LogP contribution < -0.4 is 10.6 Å². The number of anilines is 3. The van der Waals surface area contributed by atoms with Gasteiger partial charge in [0.25, 0.3) is 5.91 Å². The Morgan fingerprint density at radius 3 is 2.38 bits per heavy atom. The van der Waals surface area contributed by atoms with E-state index in [0.29, 0.717) is 5.56 Å². The van der Waals surface area contributed by atoms with Gasteiger partial charge in [-0.25, -0.2) is 0 Å². The third-order valence-electron chi connectivity index (χ3n) is 3.68. The SMILES string of the molecule is CCc1ccc(NC(=O)c2cncc(Nc3ccccc3)c2)cc1. The Hall–Kier alpha value is -3.14. The Morgan fingerprint density at radius 1 is 0.917 bits per heavy atom. The summed E-state index contributed by atoms with van der Waals surface area (Å²) < 4.78 is 0. The van der Waals surface area contributed by atoms with Crippen LogP contribution in [-0.4, -0.2) is 10.9 Å². The lowest BCUT2D eigenvalue weighted by atomic mass is 10.1. The molecule has 1 heterocycles. The summed E-state index contributed by atoms with van der Waals surface area (Å²) >= 11 is 0. The summed E-state index contributed by atoms with van der Waals surface area (Å²) in [7, 11) is 0. The molecule has 2 N–H and O–H groups in total. The first kappa shape index (κ1) is 15.7. The number of hydrogen-bond donors (Lipinski definition) is 2. The lowest BCUT2D eigenvalue weighted by molar-refractivity contribution is 0.102. The fraction of sp³-hybridized carbons (Fsp3) is 0.100. The van der Waals surface area contributed by atoms with Gasteiger partial charge in [-0.05, 0) is 42.3 Å². The van der Waals surface area contributed by atoms with Crippen LogP contribution in [0.3, 0.4) is 0 Å². The maximum absolute atomic E-state index is 12.4. The van der Waals surface area contributed by atoms with Gasteiger partial charge in [0.1, 0.15) is 0 Å². The average molecular weight is 317 g/mol. The number of hydrogen-bond acceptors (Lipinski definition) is 3. The molecule has 24 heavy (non-hydrogen) atoms. The van der Waals surface area contributed by atoms with Gasteiger partial charge in [0, 0.05) is 17.6 Å². The molecule has 0 atom stereocenters. The minimum absolute atomic E-state index is 0.177. The molecular weight excluding hydrogens is 298 g/mol. The summed E-state index contributed by atoms with van der Waals surface area (Å²) in [6.07, 6.45) is 4.23. The zero-order valence-corrected chi connectivity index (χ0v) is 13.5. The molecule has 0 saturated heterocycles. The first-order valence-electron chi connectivity index (χ1n) is 7.92. The molecule has 4 heteroatoms. The molecule has 3 rings (SSSR count). The second kappa shape index (κ2) is 7.42. The van der Waals surface area contributed by atoms with Gasteiger partial charge in [-0.3, -0.25) is 9.78 Å². The zero-order chi connectivity index (χ0) is 16.8. The van der Waals surface area contributed by atoms with Gasteiger partial charge in [0.2, 0.25) is 0 Å². The largest absolute Gasteiger partial charge is 0.354 e. The number of carbonyl (C=O) groups excluding carboxylic acids is 1. The number of aromatic nitrogens is 1. The Labute approximate surface area is 141 Å². The highest BCUT2D eigenvalue weighted by molar-refractivity contribution is 6.04. The van der Waals surface area contributed by atoms with E-state index >= 15 is 0 Å². The molecule has 0 unspecified atom stereocenters. The summed E-state index contributed by atoms with van der Waals surface area (Å²) in [4.78, 5) is 16.5. The van der Waals surface area contributed by atoms with Crippen LogP contribution in [0.1, 0.15) is 22.8 Å². The fourth-order valence-corrected chi connectivity index (χ4v) is 2.35. The summed E-state index contributed by atoms with van der Waals surface area (Å²) in [6, 6.07) is 19.4. The van der Waals surface area contributed by atoms with Gasteiger partial charge < -0.3 is 10.6 Å². The first-order chi connectivity index (χ1) is 11.7. The van der Waals surface area contributed by atoms with Crippen LogP contribution in [0.2, 0.25) is 0 Å². The van der Waals surface area contributed by atoms with Crippen molar-refractivity contribution in [3.8, 4) is 0 Å². The van der Waals surface area contributed by atoms with Gasteiger partial charge in [0.05, 0.1) is 17.4 Å². The topological polar surface area (TPSA) is 54.0 Å². The summed E-state index contributed by atoms with van der Waals surface area (Å²) in [5, 5.41) is 6.13. The molecule has 2 aromatic carbocycles. The zero-order valence-electron chi connectivity index (χ0n) is 13.5. The standard InChI is InChI=1S/C20H19N3O/c1-2-15-8-10-18(11-9-15)23-20(24)16-12-19(14-21-13-16)22-17-6-4-3-5-7-17/h3-14,22H,2H2,1H3,(H,23,24). The number of nitrogens with zero attached hydrogens (tertiary/aromatic N) is 1. The number of amides is 1. The molecule has 1 amide bonds. The van der Waals surface area contributed by atoms with Crippen molar-refractivity contribution in [1.29, 1.82) is 0 Å². The van der Waals surface area contributed by atoms with E-state index in [1.807, 2.05) is 54.6 Å². The molecule has 0 fully saturated rings. The normalized spacial score (nSPS) is 10.2. The molecule has 0 bridgehead atoms. The Bertz CT molecular complexity index is 814. The summed E-state index contributed by atoms with van der Waals surface area (Å²) in [5.74, 6) is -0.177. The van der Waals surface area contributed by atoms with Gasteiger partial charge in [-0.1, -0.05) is 37.3 Å². The molecule has 0 aliphatic rings. The van der Waals surface area contributed by atoms with Crippen LogP contribution in [0.4, 0.5) is 17.1 Å². The number of carbonyl (C=O) groups is 1. The molecule has 0 aliphatic heterocycles. The molecule has 0 aliphatic carbocycles. The van der Waals surface area contributed by atoms with Gasteiger partial charge in [0.15, 0.2) is 0 Å². The highest BCUT2D eigenvalue weighted by Crippen LogP contribution is 2.17. The second-order valence-electron chi connectivity index (χ2n) is 5.46. The van der Waals surface area contributed by atoms with Crippen molar-refractivity contribution < 1.29 is 4.79 Å². The molecule has 0 radical (unpaired) electrons. The second-order valence-corrected chi connectivity index (χ2v) is 5.46. The number of aryl methyl sites for hydroxylation is 1. The van der Waals surface area contributed by atoms with Crippen LogP contribution >= 0.6 is 0 Å². The molecule has 0 saturated carbocycles. The van der Waals surface area contributed by atoms with E-state index in [-0.39, 0.29) is 5.91 Å². The van der Waals surface area contributed by atoms with Crippen molar-refractivity contribution >= 4 is 23.0 Å². The lowest BCUT2D eigenvalue weighted by Gasteiger charge is -2.09. The number of pyridine rings is 1. The van der Waals surface area contributed by atoms with E-state index in [0.717, 1.165) is 23.5 Å². The molecule has 1 aromatic heterocycles. The molecule has 4 nitrogen and oxygen atoms in total. The van der Waals surface area contributed by atoms with Crippen molar-refractivity contribution in [2.75, 3.05) is 10.6 Å². The summed E-state index contributed by atoms with van der Waals surface area (Å²) in [5.41, 5.74) is 4.25. The smallest absolute Gasteiger partial charge is 0.257 e. The van der Waals surface area contributed by atoms with Gasteiger partial charge in [-0.2, -0.15) is 0 Å². The molecule has 120 valence electrons. The van der Waals surface area contributed by atoms with E-state index in [1.54, 1.807) is 18.5 Å². The summed E-state index contributed by atoms with van der Waals surface area (Å²) in [6.45, 7) is 2.10. The van der Waals surface area contributed by atoms with Gasteiger partial charge >= 0.3 is 0 Å². The highest BCUT2D eigenvalue weighted by Gasteiger charge is 2.08. The van der Waals surface area contributed by atoms with E-state index < -0.39 is 0 Å². The predicted octanol–water partition coefficient (Wildman–Crippen LogP) is 4.64. The van der Waals surface area contributed by atoms with Crippen LogP contribution in [0.15, 0.2) is 73.1 Å². The Morgan fingerprint density at radius 2 is 1.67 bits per heavy atom.